The van der Waals surface area contributed by atoms with E-state index in [0.29, 0.717) is 5.75 Å². The van der Waals surface area contributed by atoms with Crippen LogP contribution in [0.2, 0.25) is 0 Å². The average molecular weight is 291 g/mol. The van der Waals surface area contributed by atoms with Gasteiger partial charge < -0.3 is 14.7 Å². The number of aryl methyl sites for hydroxylation is 1. The van der Waals surface area contributed by atoms with Gasteiger partial charge in [0.15, 0.2) is 6.61 Å². The van der Waals surface area contributed by atoms with Gasteiger partial charge in [0, 0.05) is 18.7 Å². The van der Waals surface area contributed by atoms with Gasteiger partial charge in [-0.2, -0.15) is 0 Å². The number of likely N-dealkylation sites (tertiary alicyclic amines) is 1. The van der Waals surface area contributed by atoms with Crippen LogP contribution in [0, 0.1) is 6.92 Å². The highest BCUT2D eigenvalue weighted by Crippen LogP contribution is 2.26. The van der Waals surface area contributed by atoms with Crippen molar-refractivity contribution in [3.8, 4) is 5.75 Å². The van der Waals surface area contributed by atoms with E-state index in [-0.39, 0.29) is 12.5 Å². The molecular formula is C17H25NO3. The molecule has 0 radical (unpaired) electrons. The van der Waals surface area contributed by atoms with E-state index in [1.54, 1.807) is 6.92 Å². The van der Waals surface area contributed by atoms with Gasteiger partial charge in [-0.1, -0.05) is 25.0 Å². The molecule has 4 nitrogen and oxygen atoms in total. The predicted octanol–water partition coefficient (Wildman–Crippen LogP) is 2.83. The summed E-state index contributed by atoms with van der Waals surface area (Å²) in [5.74, 6) is 0.642. The highest BCUT2D eigenvalue weighted by Gasteiger charge is 2.17. The van der Waals surface area contributed by atoms with E-state index in [0.717, 1.165) is 37.1 Å². The van der Waals surface area contributed by atoms with Gasteiger partial charge in [0.2, 0.25) is 0 Å². The topological polar surface area (TPSA) is 49.8 Å². The first kappa shape index (κ1) is 15.8. The molecule has 4 heteroatoms. The molecule has 1 amide bonds. The van der Waals surface area contributed by atoms with Crippen molar-refractivity contribution in [2.24, 2.45) is 0 Å². The summed E-state index contributed by atoms with van der Waals surface area (Å²) in [6.07, 6.45) is 3.96. The van der Waals surface area contributed by atoms with Crippen LogP contribution in [0.3, 0.4) is 0 Å². The Morgan fingerprint density at radius 3 is 2.57 bits per heavy atom. The molecule has 21 heavy (non-hydrogen) atoms. The second-order valence-electron chi connectivity index (χ2n) is 5.80. The van der Waals surface area contributed by atoms with Crippen LogP contribution in [0.4, 0.5) is 0 Å². The van der Waals surface area contributed by atoms with Crippen LogP contribution in [0.15, 0.2) is 18.2 Å². The number of benzene rings is 1. The van der Waals surface area contributed by atoms with E-state index >= 15 is 0 Å². The minimum absolute atomic E-state index is 0.0370. The number of amides is 1. The standard InChI is InChI=1S/C17H25NO3/c1-13-7-8-15(14(2)19)16(11-13)21-12-17(20)18-9-5-3-4-6-10-18/h7-8,11,14,19H,3-6,9-10,12H2,1-2H3. The molecule has 2 rings (SSSR count). The summed E-state index contributed by atoms with van der Waals surface area (Å²) in [5.41, 5.74) is 1.78. The van der Waals surface area contributed by atoms with Crippen molar-refractivity contribution in [3.05, 3.63) is 29.3 Å². The van der Waals surface area contributed by atoms with Crippen molar-refractivity contribution < 1.29 is 14.6 Å². The number of carbonyl (C=O) groups excluding carboxylic acids is 1. The van der Waals surface area contributed by atoms with Crippen LogP contribution >= 0.6 is 0 Å². The van der Waals surface area contributed by atoms with Crippen molar-refractivity contribution >= 4 is 5.91 Å². The summed E-state index contributed by atoms with van der Waals surface area (Å²) in [6, 6.07) is 5.66. The normalized spacial score (nSPS) is 17.2. The smallest absolute Gasteiger partial charge is 0.260 e. The highest BCUT2D eigenvalue weighted by molar-refractivity contribution is 5.77. The largest absolute Gasteiger partial charge is 0.483 e. The molecule has 0 bridgehead atoms. The molecule has 1 unspecified atom stereocenters. The van der Waals surface area contributed by atoms with E-state index in [1.807, 2.05) is 30.0 Å². The molecule has 1 aromatic carbocycles. The van der Waals surface area contributed by atoms with Gasteiger partial charge in [-0.15, -0.1) is 0 Å². The molecule has 1 saturated heterocycles. The van der Waals surface area contributed by atoms with Crippen molar-refractivity contribution in [1.29, 1.82) is 0 Å². The second kappa shape index (κ2) is 7.46. The summed E-state index contributed by atoms with van der Waals surface area (Å²) in [4.78, 5) is 14.1. The third kappa shape index (κ3) is 4.46. The number of hydrogen-bond donors (Lipinski definition) is 1. The molecule has 1 fully saturated rings. The van der Waals surface area contributed by atoms with Crippen LogP contribution in [-0.2, 0) is 4.79 Å². The highest BCUT2D eigenvalue weighted by atomic mass is 16.5. The number of carbonyl (C=O) groups is 1. The summed E-state index contributed by atoms with van der Waals surface area (Å²) in [7, 11) is 0. The van der Waals surface area contributed by atoms with Gasteiger partial charge in [-0.05, 0) is 38.3 Å². The molecule has 1 aromatic rings. The molecule has 0 saturated carbocycles. The fourth-order valence-electron chi connectivity index (χ4n) is 2.66. The quantitative estimate of drug-likeness (QED) is 0.928. The lowest BCUT2D eigenvalue weighted by atomic mass is 10.1. The fraction of sp³-hybridized carbons (Fsp3) is 0.588. The Hall–Kier alpha value is -1.55. The Morgan fingerprint density at radius 1 is 1.29 bits per heavy atom. The Balaban J connectivity index is 1.98. The SMILES string of the molecule is Cc1ccc(C(C)O)c(OCC(=O)N2CCCCCC2)c1. The fourth-order valence-corrected chi connectivity index (χ4v) is 2.66. The Kier molecular flexibility index (Phi) is 5.62. The van der Waals surface area contributed by atoms with E-state index in [9.17, 15) is 9.90 Å². The monoisotopic (exact) mass is 291 g/mol. The zero-order valence-corrected chi connectivity index (χ0v) is 13.0. The van der Waals surface area contributed by atoms with Crippen LogP contribution in [0.25, 0.3) is 0 Å². The van der Waals surface area contributed by atoms with Crippen LogP contribution in [0.1, 0.15) is 49.8 Å². The Bertz CT molecular complexity index is 477. The van der Waals surface area contributed by atoms with Crippen LogP contribution in [0.5, 0.6) is 5.75 Å². The minimum atomic E-state index is -0.603. The zero-order chi connectivity index (χ0) is 15.2. The first-order chi connectivity index (χ1) is 10.1. The van der Waals surface area contributed by atoms with E-state index < -0.39 is 6.10 Å². The van der Waals surface area contributed by atoms with Gasteiger partial charge in [0.25, 0.3) is 5.91 Å². The molecule has 0 aliphatic carbocycles. The molecule has 0 aromatic heterocycles. The third-order valence-electron chi connectivity index (χ3n) is 3.93. The van der Waals surface area contributed by atoms with E-state index in [2.05, 4.69) is 0 Å². The van der Waals surface area contributed by atoms with Crippen molar-refractivity contribution in [3.63, 3.8) is 0 Å². The van der Waals surface area contributed by atoms with Gasteiger partial charge in [-0.25, -0.2) is 0 Å². The second-order valence-corrected chi connectivity index (χ2v) is 5.80. The van der Waals surface area contributed by atoms with Gasteiger partial charge in [-0.3, -0.25) is 4.79 Å². The number of aliphatic hydroxyl groups is 1. The zero-order valence-electron chi connectivity index (χ0n) is 13.0. The first-order valence-electron chi connectivity index (χ1n) is 7.77. The number of hydrogen-bond acceptors (Lipinski definition) is 3. The minimum Gasteiger partial charge on any atom is -0.483 e. The Labute approximate surface area is 126 Å². The van der Waals surface area contributed by atoms with Gasteiger partial charge in [0.05, 0.1) is 6.10 Å². The molecular weight excluding hydrogens is 266 g/mol. The molecule has 1 aliphatic rings. The van der Waals surface area contributed by atoms with Crippen molar-refractivity contribution in [2.75, 3.05) is 19.7 Å². The molecule has 116 valence electrons. The van der Waals surface area contributed by atoms with E-state index in [1.165, 1.54) is 12.8 Å². The predicted molar refractivity (Wildman–Crippen MR) is 82.4 cm³/mol. The van der Waals surface area contributed by atoms with E-state index in [4.69, 9.17) is 4.74 Å². The summed E-state index contributed by atoms with van der Waals surface area (Å²) in [5, 5.41) is 9.77. The van der Waals surface area contributed by atoms with Gasteiger partial charge >= 0.3 is 0 Å². The van der Waals surface area contributed by atoms with Crippen molar-refractivity contribution in [1.82, 2.24) is 4.90 Å². The Morgan fingerprint density at radius 2 is 1.95 bits per heavy atom. The number of ether oxygens (including phenoxy) is 1. The molecule has 1 atom stereocenters. The maximum Gasteiger partial charge on any atom is 0.260 e. The lowest BCUT2D eigenvalue weighted by Crippen LogP contribution is -2.35. The lowest BCUT2D eigenvalue weighted by molar-refractivity contribution is -0.133. The molecule has 1 N–H and O–H groups in total. The summed E-state index contributed by atoms with van der Waals surface area (Å²) in [6.45, 7) is 5.38. The number of aliphatic hydroxyl groups excluding tert-OH is 1. The number of nitrogens with zero attached hydrogens (tertiary/aromatic N) is 1. The maximum absolute atomic E-state index is 12.2. The average Bonchev–Trinajstić information content (AvgIpc) is 2.73. The van der Waals surface area contributed by atoms with Crippen molar-refractivity contribution in [2.45, 2.75) is 45.6 Å². The molecule has 1 heterocycles. The lowest BCUT2D eigenvalue weighted by Gasteiger charge is -2.21. The third-order valence-corrected chi connectivity index (χ3v) is 3.93. The first-order valence-corrected chi connectivity index (χ1v) is 7.77. The van der Waals surface area contributed by atoms with Gasteiger partial charge in [0.1, 0.15) is 5.75 Å². The summed E-state index contributed by atoms with van der Waals surface area (Å²) < 4.78 is 5.68. The summed E-state index contributed by atoms with van der Waals surface area (Å²) >= 11 is 0. The molecule has 0 spiro atoms. The van der Waals surface area contributed by atoms with Crippen LogP contribution < -0.4 is 4.74 Å². The molecule has 1 aliphatic heterocycles. The maximum atomic E-state index is 12.2. The number of rotatable bonds is 4. The van der Waals surface area contributed by atoms with Crippen LogP contribution in [-0.4, -0.2) is 35.6 Å².